The Morgan fingerprint density at radius 1 is 1.25 bits per heavy atom. The summed E-state index contributed by atoms with van der Waals surface area (Å²) in [7, 11) is 0. The minimum atomic E-state index is -2.14. The summed E-state index contributed by atoms with van der Waals surface area (Å²) in [5.74, 6) is -2.60. The first-order valence-electron chi connectivity index (χ1n) is 4.77. The summed E-state index contributed by atoms with van der Waals surface area (Å²) in [6.07, 6.45) is 1.17. The Morgan fingerprint density at radius 2 is 2.00 bits per heavy atom. The Kier molecular flexibility index (Phi) is 2.72. The van der Waals surface area contributed by atoms with Crippen LogP contribution in [0.3, 0.4) is 0 Å². The lowest BCUT2D eigenvalue weighted by Crippen LogP contribution is -2.28. The van der Waals surface area contributed by atoms with E-state index in [1.165, 1.54) is 24.4 Å². The number of aromatic amines is 1. The fraction of sp³-hybridized carbons (Fsp3) is 0.182. The molecule has 0 saturated carbocycles. The third kappa shape index (κ3) is 2.10. The summed E-state index contributed by atoms with van der Waals surface area (Å²) in [5.41, 5.74) is 0.373. The van der Waals surface area contributed by atoms with Crippen LogP contribution in [0.2, 0.25) is 0 Å². The molecule has 3 N–H and O–H groups in total. The Labute approximate surface area is 91.4 Å². The summed E-state index contributed by atoms with van der Waals surface area (Å²) in [5, 5.41) is 25.6. The zero-order valence-corrected chi connectivity index (χ0v) is 8.39. The molecular formula is C11H11FN2O2. The van der Waals surface area contributed by atoms with Crippen molar-refractivity contribution in [3.05, 3.63) is 53.6 Å². The quantitative estimate of drug-likeness (QED) is 0.676. The molecule has 0 amide bonds. The Bertz CT molecular complexity index is 469. The highest BCUT2D eigenvalue weighted by Gasteiger charge is 2.28. The minimum Gasteiger partial charge on any atom is -0.361 e. The monoisotopic (exact) mass is 222 g/mol. The van der Waals surface area contributed by atoms with Gasteiger partial charge in [-0.1, -0.05) is 18.2 Å². The highest BCUT2D eigenvalue weighted by atomic mass is 19.1. The largest absolute Gasteiger partial charge is 0.361 e. The first-order chi connectivity index (χ1) is 7.59. The number of halogens is 1. The zero-order valence-electron chi connectivity index (χ0n) is 8.39. The van der Waals surface area contributed by atoms with Gasteiger partial charge in [0.2, 0.25) is 5.79 Å². The van der Waals surface area contributed by atoms with Crippen molar-refractivity contribution in [1.82, 2.24) is 10.2 Å². The third-order valence-corrected chi connectivity index (χ3v) is 2.33. The molecule has 5 heteroatoms. The van der Waals surface area contributed by atoms with Gasteiger partial charge in [0.25, 0.3) is 0 Å². The van der Waals surface area contributed by atoms with Crippen LogP contribution in [0, 0.1) is 5.82 Å². The molecule has 0 aliphatic carbocycles. The smallest absolute Gasteiger partial charge is 0.210 e. The average molecular weight is 222 g/mol. The van der Waals surface area contributed by atoms with Crippen LogP contribution in [0.1, 0.15) is 11.3 Å². The van der Waals surface area contributed by atoms with E-state index in [9.17, 15) is 14.6 Å². The molecule has 0 aliphatic rings. The molecule has 0 fully saturated rings. The van der Waals surface area contributed by atoms with Crippen molar-refractivity contribution in [2.75, 3.05) is 0 Å². The van der Waals surface area contributed by atoms with E-state index in [-0.39, 0.29) is 17.7 Å². The lowest BCUT2D eigenvalue weighted by Gasteiger charge is -2.20. The van der Waals surface area contributed by atoms with Gasteiger partial charge in [-0.25, -0.2) is 4.39 Å². The molecule has 1 aromatic heterocycles. The van der Waals surface area contributed by atoms with Crippen molar-refractivity contribution in [3.8, 4) is 0 Å². The van der Waals surface area contributed by atoms with Crippen molar-refractivity contribution in [2.24, 2.45) is 0 Å². The number of rotatable bonds is 3. The van der Waals surface area contributed by atoms with Gasteiger partial charge in [-0.05, 0) is 17.7 Å². The zero-order chi connectivity index (χ0) is 11.6. The molecule has 0 aliphatic heterocycles. The molecule has 4 nitrogen and oxygen atoms in total. The highest BCUT2D eigenvalue weighted by molar-refractivity contribution is 5.21. The van der Waals surface area contributed by atoms with E-state index in [0.717, 1.165) is 0 Å². The van der Waals surface area contributed by atoms with Crippen molar-refractivity contribution in [1.29, 1.82) is 0 Å². The average Bonchev–Trinajstić information content (AvgIpc) is 2.75. The second-order valence-electron chi connectivity index (χ2n) is 3.56. The van der Waals surface area contributed by atoms with Crippen LogP contribution in [0.25, 0.3) is 0 Å². The van der Waals surface area contributed by atoms with Gasteiger partial charge in [-0.15, -0.1) is 0 Å². The number of aromatic nitrogens is 2. The molecule has 1 aromatic carbocycles. The van der Waals surface area contributed by atoms with E-state index >= 15 is 0 Å². The SMILES string of the molecule is OC(O)(Cc1ccccc1F)c1ccn[nH]1. The number of H-pyrrole nitrogens is 1. The number of aliphatic hydroxyl groups is 2. The standard InChI is InChI=1S/C11H11FN2O2/c12-9-4-2-1-3-8(9)7-11(15,16)10-5-6-13-14-10/h1-6,15-16H,7H2,(H,13,14). The van der Waals surface area contributed by atoms with Gasteiger partial charge in [-0.2, -0.15) is 5.10 Å². The van der Waals surface area contributed by atoms with E-state index < -0.39 is 11.6 Å². The maximum atomic E-state index is 13.3. The molecule has 1 heterocycles. The second-order valence-corrected chi connectivity index (χ2v) is 3.56. The van der Waals surface area contributed by atoms with E-state index in [4.69, 9.17) is 0 Å². The Hall–Kier alpha value is -1.72. The molecular weight excluding hydrogens is 211 g/mol. The summed E-state index contributed by atoms with van der Waals surface area (Å²) >= 11 is 0. The van der Waals surface area contributed by atoms with Crippen LogP contribution < -0.4 is 0 Å². The summed E-state index contributed by atoms with van der Waals surface area (Å²) in [6.45, 7) is 0. The van der Waals surface area contributed by atoms with Gasteiger partial charge in [0.1, 0.15) is 5.82 Å². The summed E-state index contributed by atoms with van der Waals surface area (Å²) < 4.78 is 13.3. The van der Waals surface area contributed by atoms with Crippen molar-refractivity contribution >= 4 is 0 Å². The van der Waals surface area contributed by atoms with Crippen LogP contribution in [-0.4, -0.2) is 20.4 Å². The Balaban J connectivity index is 2.25. The van der Waals surface area contributed by atoms with Gasteiger partial charge in [0, 0.05) is 12.6 Å². The third-order valence-electron chi connectivity index (χ3n) is 2.33. The molecule has 2 rings (SSSR count). The van der Waals surface area contributed by atoms with Crippen molar-refractivity contribution < 1.29 is 14.6 Å². The molecule has 0 spiro atoms. The topological polar surface area (TPSA) is 69.1 Å². The van der Waals surface area contributed by atoms with Crippen LogP contribution in [-0.2, 0) is 12.2 Å². The fourth-order valence-corrected chi connectivity index (χ4v) is 1.48. The fourth-order valence-electron chi connectivity index (χ4n) is 1.48. The molecule has 2 aromatic rings. The predicted molar refractivity (Wildman–Crippen MR) is 54.8 cm³/mol. The Morgan fingerprint density at radius 3 is 2.62 bits per heavy atom. The van der Waals surface area contributed by atoms with Gasteiger partial charge < -0.3 is 10.2 Å². The highest BCUT2D eigenvalue weighted by Crippen LogP contribution is 2.22. The van der Waals surface area contributed by atoms with Crippen molar-refractivity contribution in [3.63, 3.8) is 0 Å². The molecule has 0 saturated heterocycles. The van der Waals surface area contributed by atoms with E-state index in [1.54, 1.807) is 12.1 Å². The first-order valence-corrected chi connectivity index (χ1v) is 4.77. The summed E-state index contributed by atoms with van der Waals surface area (Å²) in [4.78, 5) is 0. The lowest BCUT2D eigenvalue weighted by atomic mass is 10.0. The van der Waals surface area contributed by atoms with E-state index in [0.29, 0.717) is 0 Å². The van der Waals surface area contributed by atoms with Gasteiger partial charge >= 0.3 is 0 Å². The van der Waals surface area contributed by atoms with Crippen LogP contribution in [0.15, 0.2) is 36.5 Å². The van der Waals surface area contributed by atoms with Gasteiger partial charge in [0.15, 0.2) is 0 Å². The number of hydrogen-bond acceptors (Lipinski definition) is 3. The normalized spacial score (nSPS) is 11.7. The van der Waals surface area contributed by atoms with Crippen LogP contribution >= 0.6 is 0 Å². The molecule has 0 atom stereocenters. The summed E-state index contributed by atoms with van der Waals surface area (Å²) in [6, 6.07) is 7.40. The number of nitrogens with zero attached hydrogens (tertiary/aromatic N) is 1. The van der Waals surface area contributed by atoms with E-state index in [2.05, 4.69) is 10.2 Å². The first kappa shape index (κ1) is 10.8. The number of hydrogen-bond donors (Lipinski definition) is 3. The molecule has 16 heavy (non-hydrogen) atoms. The van der Waals surface area contributed by atoms with Gasteiger partial charge in [-0.3, -0.25) is 5.10 Å². The second kappa shape index (κ2) is 4.03. The number of benzene rings is 1. The maximum absolute atomic E-state index is 13.3. The molecule has 84 valence electrons. The predicted octanol–water partition coefficient (Wildman–Crippen LogP) is 0.929. The van der Waals surface area contributed by atoms with Gasteiger partial charge in [0.05, 0.1) is 5.69 Å². The number of nitrogens with one attached hydrogen (secondary N) is 1. The van der Waals surface area contributed by atoms with E-state index in [1.807, 2.05) is 0 Å². The lowest BCUT2D eigenvalue weighted by molar-refractivity contribution is -0.171. The van der Waals surface area contributed by atoms with Crippen LogP contribution in [0.4, 0.5) is 4.39 Å². The maximum Gasteiger partial charge on any atom is 0.210 e. The van der Waals surface area contributed by atoms with Crippen LogP contribution in [0.5, 0.6) is 0 Å². The molecule has 0 unspecified atom stereocenters. The minimum absolute atomic E-state index is 0.135. The molecule has 0 bridgehead atoms. The van der Waals surface area contributed by atoms with Crippen molar-refractivity contribution in [2.45, 2.75) is 12.2 Å². The molecule has 0 radical (unpaired) electrons.